The molecule has 1 amide bonds. The monoisotopic (exact) mass is 423 g/mol. The molecule has 1 aliphatic rings. The Morgan fingerprint density at radius 2 is 1.93 bits per heavy atom. The summed E-state index contributed by atoms with van der Waals surface area (Å²) in [5.74, 6) is 0.664. The largest absolute Gasteiger partial charge is 0.338 e. The number of hydrogen-bond donors (Lipinski definition) is 2. The molecule has 0 aliphatic carbocycles. The van der Waals surface area contributed by atoms with Crippen molar-refractivity contribution < 1.29 is 4.79 Å². The fraction of sp³-hybridized carbons (Fsp3) is 0.333. The van der Waals surface area contributed by atoms with E-state index in [2.05, 4.69) is 36.1 Å². The lowest BCUT2D eigenvalue weighted by Crippen LogP contribution is -2.46. The van der Waals surface area contributed by atoms with Crippen molar-refractivity contribution in [1.29, 1.82) is 0 Å². The van der Waals surface area contributed by atoms with Crippen LogP contribution in [0, 0.1) is 0 Å². The number of carbonyl (C=O) groups is 1. The first-order valence-corrected chi connectivity index (χ1v) is 10.8. The summed E-state index contributed by atoms with van der Waals surface area (Å²) in [4.78, 5) is 29.4. The Bertz CT molecular complexity index is 997. The number of hydrogen-bond acceptors (Lipinski definition) is 8. The topological polar surface area (TPSA) is 100 Å². The maximum absolute atomic E-state index is 11.1. The number of amides is 1. The molecule has 4 rings (SSSR count). The number of piperazine rings is 1. The second-order valence-corrected chi connectivity index (χ2v) is 8.12. The summed E-state index contributed by atoms with van der Waals surface area (Å²) in [7, 11) is 0. The van der Waals surface area contributed by atoms with Crippen LogP contribution in [0.2, 0.25) is 0 Å². The first kappa shape index (κ1) is 20.4. The van der Waals surface area contributed by atoms with Gasteiger partial charge in [0.2, 0.25) is 11.9 Å². The maximum Gasteiger partial charge on any atom is 0.225 e. The molecule has 3 heterocycles. The summed E-state index contributed by atoms with van der Waals surface area (Å²) in [5, 5.41) is 5.39. The molecule has 0 saturated carbocycles. The molecule has 0 unspecified atom stereocenters. The maximum atomic E-state index is 11.1. The van der Waals surface area contributed by atoms with E-state index < -0.39 is 0 Å². The molecule has 0 atom stereocenters. The van der Waals surface area contributed by atoms with E-state index in [1.807, 2.05) is 36.0 Å². The van der Waals surface area contributed by atoms with Gasteiger partial charge in [-0.1, -0.05) is 18.2 Å². The third kappa shape index (κ3) is 4.99. The highest BCUT2D eigenvalue weighted by Crippen LogP contribution is 2.21. The minimum absolute atomic E-state index is 0.0948. The zero-order valence-corrected chi connectivity index (χ0v) is 17.7. The summed E-state index contributed by atoms with van der Waals surface area (Å²) < 4.78 is 0. The van der Waals surface area contributed by atoms with Crippen LogP contribution >= 0.6 is 11.3 Å². The predicted octanol–water partition coefficient (Wildman–Crippen LogP) is 2.34. The number of nitrogens with two attached hydrogens (primary N) is 1. The third-order valence-electron chi connectivity index (χ3n) is 5.01. The van der Waals surface area contributed by atoms with Gasteiger partial charge in [0, 0.05) is 69.5 Å². The Morgan fingerprint density at radius 1 is 1.17 bits per heavy atom. The molecule has 8 nitrogen and oxygen atoms in total. The number of carbonyl (C=O) groups excluding carboxylic acids is 1. The molecule has 0 spiro atoms. The minimum Gasteiger partial charge on any atom is -0.338 e. The molecule has 3 N–H and O–H groups in total. The highest BCUT2D eigenvalue weighted by Gasteiger charge is 2.20. The number of benzene rings is 1. The Labute approximate surface area is 179 Å². The van der Waals surface area contributed by atoms with E-state index in [0.29, 0.717) is 11.7 Å². The quantitative estimate of drug-likeness (QED) is 0.628. The summed E-state index contributed by atoms with van der Waals surface area (Å²) in [6.45, 7) is 6.35. The smallest absolute Gasteiger partial charge is 0.225 e. The van der Waals surface area contributed by atoms with Gasteiger partial charge in [-0.2, -0.15) is 0 Å². The Kier molecular flexibility index (Phi) is 6.32. The van der Waals surface area contributed by atoms with Gasteiger partial charge in [-0.3, -0.25) is 9.69 Å². The third-order valence-corrected chi connectivity index (χ3v) is 5.82. The minimum atomic E-state index is -0.0948. The van der Waals surface area contributed by atoms with Crippen molar-refractivity contribution in [3.63, 3.8) is 0 Å². The lowest BCUT2D eigenvalue weighted by Gasteiger charge is -2.34. The summed E-state index contributed by atoms with van der Waals surface area (Å²) in [5.41, 5.74) is 9.89. The molecular weight excluding hydrogens is 398 g/mol. The molecule has 9 heteroatoms. The molecule has 0 radical (unpaired) electrons. The van der Waals surface area contributed by atoms with Crippen molar-refractivity contribution in [1.82, 2.24) is 19.9 Å². The zero-order chi connectivity index (χ0) is 20.9. The molecule has 3 aromatic rings. The number of nitrogens with zero attached hydrogens (tertiary/aromatic N) is 5. The molecule has 1 fully saturated rings. The average molecular weight is 424 g/mol. The first-order valence-electron chi connectivity index (χ1n) is 9.91. The highest BCUT2D eigenvalue weighted by atomic mass is 32.1. The fourth-order valence-corrected chi connectivity index (χ4v) is 4.18. The fourth-order valence-electron chi connectivity index (χ4n) is 3.43. The lowest BCUT2D eigenvalue weighted by atomic mass is 10.1. The second kappa shape index (κ2) is 9.29. The van der Waals surface area contributed by atoms with Gasteiger partial charge in [0.05, 0.1) is 5.69 Å². The number of aromatic nitrogens is 3. The van der Waals surface area contributed by atoms with Crippen LogP contribution in [0.3, 0.4) is 0 Å². The Hall–Kier alpha value is -2.88. The lowest BCUT2D eigenvalue weighted by molar-refractivity contribution is -0.114. The van der Waals surface area contributed by atoms with Crippen molar-refractivity contribution >= 4 is 28.3 Å². The molecule has 1 saturated heterocycles. The van der Waals surface area contributed by atoms with Crippen molar-refractivity contribution in [2.45, 2.75) is 20.0 Å². The molecule has 30 heavy (non-hydrogen) atoms. The van der Waals surface area contributed by atoms with Gasteiger partial charge in [0.1, 0.15) is 0 Å². The van der Waals surface area contributed by atoms with Gasteiger partial charge in [-0.15, -0.1) is 11.3 Å². The Morgan fingerprint density at radius 3 is 2.63 bits per heavy atom. The van der Waals surface area contributed by atoms with E-state index in [-0.39, 0.29) is 5.91 Å². The van der Waals surface area contributed by atoms with Crippen LogP contribution < -0.4 is 16.0 Å². The van der Waals surface area contributed by atoms with Gasteiger partial charge in [0.25, 0.3) is 0 Å². The van der Waals surface area contributed by atoms with Crippen molar-refractivity contribution in [2.75, 3.05) is 36.4 Å². The van der Waals surface area contributed by atoms with Crippen LogP contribution in [0.1, 0.15) is 18.2 Å². The second-order valence-electron chi connectivity index (χ2n) is 7.26. The van der Waals surface area contributed by atoms with Gasteiger partial charge in [0.15, 0.2) is 5.13 Å². The number of anilines is 2. The zero-order valence-electron chi connectivity index (χ0n) is 16.9. The van der Waals surface area contributed by atoms with E-state index in [9.17, 15) is 4.79 Å². The van der Waals surface area contributed by atoms with E-state index in [4.69, 9.17) is 5.73 Å². The summed E-state index contributed by atoms with van der Waals surface area (Å²) in [6.07, 6.45) is 3.76. The van der Waals surface area contributed by atoms with Gasteiger partial charge in [-0.25, -0.2) is 15.0 Å². The molecule has 1 aliphatic heterocycles. The predicted molar refractivity (Wildman–Crippen MR) is 119 cm³/mol. The van der Waals surface area contributed by atoms with Crippen LogP contribution in [0.15, 0.2) is 42.0 Å². The SMILES string of the molecule is CC(=O)Nc1nc(CN2CCN(c3ncc(-c4cccc(CN)c4)cn3)CC2)cs1. The molecule has 156 valence electrons. The van der Waals surface area contributed by atoms with Crippen LogP contribution in [0.4, 0.5) is 11.1 Å². The first-order chi connectivity index (χ1) is 14.6. The molecule has 2 aromatic heterocycles. The van der Waals surface area contributed by atoms with Crippen LogP contribution in [0.25, 0.3) is 11.1 Å². The van der Waals surface area contributed by atoms with Gasteiger partial charge < -0.3 is 16.0 Å². The highest BCUT2D eigenvalue weighted by molar-refractivity contribution is 7.13. The normalized spacial score (nSPS) is 14.7. The number of nitrogens with one attached hydrogen (secondary N) is 1. The van der Waals surface area contributed by atoms with Crippen LogP contribution in [-0.4, -0.2) is 51.9 Å². The van der Waals surface area contributed by atoms with Crippen molar-refractivity contribution in [2.24, 2.45) is 5.73 Å². The Balaban J connectivity index is 1.32. The molecule has 0 bridgehead atoms. The van der Waals surface area contributed by atoms with E-state index in [1.165, 1.54) is 18.3 Å². The molecular formula is C21H25N7OS. The number of thiazole rings is 1. The van der Waals surface area contributed by atoms with Crippen molar-refractivity contribution in [3.8, 4) is 11.1 Å². The van der Waals surface area contributed by atoms with Crippen molar-refractivity contribution in [3.05, 3.63) is 53.3 Å². The summed E-state index contributed by atoms with van der Waals surface area (Å²) in [6, 6.07) is 8.15. The van der Waals surface area contributed by atoms with E-state index >= 15 is 0 Å². The van der Waals surface area contributed by atoms with Crippen LogP contribution in [0.5, 0.6) is 0 Å². The van der Waals surface area contributed by atoms with Crippen LogP contribution in [-0.2, 0) is 17.9 Å². The van der Waals surface area contributed by atoms with Gasteiger partial charge >= 0.3 is 0 Å². The standard InChI is InChI=1S/C21H25N7OS/c1-15(29)25-21-26-19(14-30-21)13-27-5-7-28(8-6-27)20-23-11-18(12-24-20)17-4-2-3-16(9-17)10-22/h2-4,9,11-12,14H,5-8,10,13,22H2,1H3,(H,25,26,29). The average Bonchev–Trinajstić information content (AvgIpc) is 3.20. The van der Waals surface area contributed by atoms with E-state index in [0.717, 1.165) is 61.1 Å². The molecule has 1 aromatic carbocycles. The van der Waals surface area contributed by atoms with E-state index in [1.54, 1.807) is 0 Å². The summed E-state index contributed by atoms with van der Waals surface area (Å²) >= 11 is 1.46. The number of rotatable bonds is 6. The van der Waals surface area contributed by atoms with Gasteiger partial charge in [-0.05, 0) is 17.2 Å².